The van der Waals surface area contributed by atoms with Gasteiger partial charge in [-0.1, -0.05) is 43.5 Å². The van der Waals surface area contributed by atoms with E-state index in [2.05, 4.69) is 12.2 Å². The molecule has 4 heteroatoms. The first-order chi connectivity index (χ1) is 10.2. The summed E-state index contributed by atoms with van der Waals surface area (Å²) in [5.74, 6) is 0.546. The highest BCUT2D eigenvalue weighted by molar-refractivity contribution is 6.30. The molecule has 3 atom stereocenters. The summed E-state index contributed by atoms with van der Waals surface area (Å²) in [6.45, 7) is 2.68. The van der Waals surface area contributed by atoms with Crippen molar-refractivity contribution in [2.24, 2.45) is 17.6 Å². The maximum Gasteiger partial charge on any atom is 0.223 e. The molecule has 0 saturated heterocycles. The van der Waals surface area contributed by atoms with Gasteiger partial charge < -0.3 is 11.1 Å². The molecule has 3 nitrogen and oxygen atoms in total. The highest BCUT2D eigenvalue weighted by Crippen LogP contribution is 2.30. The molecule has 0 bridgehead atoms. The van der Waals surface area contributed by atoms with Gasteiger partial charge in [-0.05, 0) is 49.4 Å². The molecule has 3 unspecified atom stereocenters. The molecule has 3 N–H and O–H groups in total. The highest BCUT2D eigenvalue weighted by Gasteiger charge is 2.30. The Bertz CT molecular complexity index is 478. The third kappa shape index (κ3) is 4.21. The van der Waals surface area contributed by atoms with Gasteiger partial charge in [-0.25, -0.2) is 0 Å². The summed E-state index contributed by atoms with van der Waals surface area (Å²) >= 11 is 6.05. The highest BCUT2D eigenvalue weighted by atomic mass is 35.5. The summed E-state index contributed by atoms with van der Waals surface area (Å²) in [6.07, 6.45) is 5.20. The second kappa shape index (κ2) is 7.81. The van der Waals surface area contributed by atoms with Crippen LogP contribution < -0.4 is 11.1 Å². The lowest BCUT2D eigenvalue weighted by Gasteiger charge is -2.31. The van der Waals surface area contributed by atoms with Crippen molar-refractivity contribution in [3.63, 3.8) is 0 Å². The van der Waals surface area contributed by atoms with Gasteiger partial charge in [-0.2, -0.15) is 0 Å². The molecule has 1 aromatic rings. The van der Waals surface area contributed by atoms with Crippen molar-refractivity contribution >= 4 is 17.5 Å². The van der Waals surface area contributed by atoms with Crippen molar-refractivity contribution < 1.29 is 4.79 Å². The number of amides is 1. The largest absolute Gasteiger partial charge is 0.349 e. The molecule has 0 aromatic heterocycles. The van der Waals surface area contributed by atoms with Gasteiger partial charge in [0.15, 0.2) is 0 Å². The van der Waals surface area contributed by atoms with Crippen LogP contribution in [0.3, 0.4) is 0 Å². The summed E-state index contributed by atoms with van der Waals surface area (Å²) in [7, 11) is 0. The Kier molecular flexibility index (Phi) is 6.07. The van der Waals surface area contributed by atoms with Crippen LogP contribution in [0.25, 0.3) is 0 Å². The molecule has 116 valence electrons. The van der Waals surface area contributed by atoms with E-state index in [1.807, 2.05) is 24.3 Å². The average Bonchev–Trinajstić information content (AvgIpc) is 2.52. The lowest BCUT2D eigenvalue weighted by atomic mass is 9.78. The van der Waals surface area contributed by atoms with Crippen LogP contribution >= 0.6 is 11.6 Å². The van der Waals surface area contributed by atoms with Crippen LogP contribution in [-0.4, -0.2) is 12.5 Å². The van der Waals surface area contributed by atoms with Gasteiger partial charge in [0.2, 0.25) is 5.91 Å². The maximum absolute atomic E-state index is 12.6. The number of nitrogens with two attached hydrogens (primary N) is 1. The first kappa shape index (κ1) is 16.3. The third-order valence-corrected chi connectivity index (χ3v) is 4.76. The van der Waals surface area contributed by atoms with Crippen molar-refractivity contribution in [1.82, 2.24) is 5.32 Å². The summed E-state index contributed by atoms with van der Waals surface area (Å²) < 4.78 is 0. The van der Waals surface area contributed by atoms with E-state index in [1.165, 1.54) is 6.42 Å². The number of benzene rings is 1. The van der Waals surface area contributed by atoms with Crippen LogP contribution in [0.5, 0.6) is 0 Å². The number of halogens is 1. The Morgan fingerprint density at radius 1 is 1.43 bits per heavy atom. The Morgan fingerprint density at radius 2 is 2.19 bits per heavy atom. The first-order valence-electron chi connectivity index (χ1n) is 7.91. The fourth-order valence-corrected chi connectivity index (χ4v) is 3.46. The molecule has 2 rings (SSSR count). The van der Waals surface area contributed by atoms with E-state index in [0.717, 1.165) is 31.2 Å². The van der Waals surface area contributed by atoms with E-state index in [9.17, 15) is 4.79 Å². The van der Waals surface area contributed by atoms with Crippen LogP contribution in [0.15, 0.2) is 24.3 Å². The van der Waals surface area contributed by atoms with Gasteiger partial charge in [0.05, 0.1) is 6.04 Å². The van der Waals surface area contributed by atoms with Crippen LogP contribution in [0.4, 0.5) is 0 Å². The molecule has 1 aromatic carbocycles. The zero-order valence-corrected chi connectivity index (χ0v) is 13.4. The van der Waals surface area contributed by atoms with E-state index in [1.54, 1.807) is 0 Å². The van der Waals surface area contributed by atoms with Crippen molar-refractivity contribution in [2.45, 2.75) is 45.1 Å². The first-order valence-corrected chi connectivity index (χ1v) is 8.29. The SMILES string of the molecule is CCC(NC(=O)C1CCCCC1CN)c1cccc(Cl)c1. The number of carbonyl (C=O) groups is 1. The molecular formula is C17H25ClN2O. The number of hydrogen-bond donors (Lipinski definition) is 2. The lowest BCUT2D eigenvalue weighted by molar-refractivity contribution is -0.128. The minimum atomic E-state index is 0.0246. The van der Waals surface area contributed by atoms with Gasteiger partial charge in [0.1, 0.15) is 0 Å². The minimum Gasteiger partial charge on any atom is -0.349 e. The van der Waals surface area contributed by atoms with E-state index in [0.29, 0.717) is 17.5 Å². The third-order valence-electron chi connectivity index (χ3n) is 4.52. The van der Waals surface area contributed by atoms with Crippen LogP contribution in [-0.2, 0) is 4.79 Å². The normalized spacial score (nSPS) is 23.6. The Morgan fingerprint density at radius 3 is 2.86 bits per heavy atom. The zero-order chi connectivity index (χ0) is 15.2. The van der Waals surface area contributed by atoms with E-state index in [4.69, 9.17) is 17.3 Å². The number of carbonyl (C=O) groups excluding carboxylic acids is 1. The van der Waals surface area contributed by atoms with Gasteiger partial charge >= 0.3 is 0 Å². The fourth-order valence-electron chi connectivity index (χ4n) is 3.26. The van der Waals surface area contributed by atoms with Gasteiger partial charge in [0.25, 0.3) is 0 Å². The smallest absolute Gasteiger partial charge is 0.223 e. The average molecular weight is 309 g/mol. The van der Waals surface area contributed by atoms with Crippen molar-refractivity contribution in [1.29, 1.82) is 0 Å². The molecule has 0 aliphatic heterocycles. The van der Waals surface area contributed by atoms with E-state index < -0.39 is 0 Å². The molecule has 1 amide bonds. The van der Waals surface area contributed by atoms with Gasteiger partial charge in [0, 0.05) is 10.9 Å². The summed E-state index contributed by atoms with van der Waals surface area (Å²) in [6, 6.07) is 7.75. The number of nitrogens with one attached hydrogen (secondary N) is 1. The second-order valence-electron chi connectivity index (χ2n) is 5.91. The quantitative estimate of drug-likeness (QED) is 0.872. The molecule has 0 radical (unpaired) electrons. The molecule has 21 heavy (non-hydrogen) atoms. The molecule has 1 aliphatic carbocycles. The van der Waals surface area contributed by atoms with Gasteiger partial charge in [-0.15, -0.1) is 0 Å². The Balaban J connectivity index is 2.05. The molecule has 0 spiro atoms. The molecular weight excluding hydrogens is 284 g/mol. The van der Waals surface area contributed by atoms with E-state index >= 15 is 0 Å². The molecule has 1 fully saturated rings. The van der Waals surface area contributed by atoms with Crippen molar-refractivity contribution in [3.8, 4) is 0 Å². The molecule has 1 aliphatic rings. The standard InChI is InChI=1S/C17H25ClN2O/c1-2-16(12-7-5-8-14(18)10-12)20-17(21)15-9-4-3-6-13(15)11-19/h5,7-8,10,13,15-16H,2-4,6,9,11,19H2,1H3,(H,20,21). The van der Waals surface area contributed by atoms with Crippen LogP contribution in [0, 0.1) is 11.8 Å². The maximum atomic E-state index is 12.6. The number of rotatable bonds is 5. The minimum absolute atomic E-state index is 0.0246. The van der Waals surface area contributed by atoms with E-state index in [-0.39, 0.29) is 17.9 Å². The predicted molar refractivity (Wildman–Crippen MR) is 87.1 cm³/mol. The van der Waals surface area contributed by atoms with Crippen LogP contribution in [0.1, 0.15) is 50.6 Å². The topological polar surface area (TPSA) is 55.1 Å². The summed E-state index contributed by atoms with van der Waals surface area (Å²) in [5, 5.41) is 3.90. The zero-order valence-electron chi connectivity index (χ0n) is 12.6. The number of hydrogen-bond acceptors (Lipinski definition) is 2. The summed E-state index contributed by atoms with van der Waals surface area (Å²) in [5.41, 5.74) is 6.90. The monoisotopic (exact) mass is 308 g/mol. The second-order valence-corrected chi connectivity index (χ2v) is 6.35. The Hall–Kier alpha value is -1.06. The predicted octanol–water partition coefficient (Wildman–Crippen LogP) is 3.67. The Labute approximate surface area is 132 Å². The molecule has 0 heterocycles. The van der Waals surface area contributed by atoms with Crippen molar-refractivity contribution in [3.05, 3.63) is 34.9 Å². The van der Waals surface area contributed by atoms with Gasteiger partial charge in [-0.3, -0.25) is 4.79 Å². The molecule has 1 saturated carbocycles. The van der Waals surface area contributed by atoms with Crippen LogP contribution in [0.2, 0.25) is 5.02 Å². The lowest BCUT2D eigenvalue weighted by Crippen LogP contribution is -2.40. The van der Waals surface area contributed by atoms with Crippen molar-refractivity contribution in [2.75, 3.05) is 6.54 Å². The fraction of sp³-hybridized carbons (Fsp3) is 0.588. The summed E-state index contributed by atoms with van der Waals surface area (Å²) in [4.78, 5) is 12.6.